The standard InChI is InChI=1S/C22H23N3O2/c1-22(2)16-10-7-14(13-17(16)23-21(22)27)20(26)25-12-11-24(15-8-9-15)18-5-3-4-6-19(18)25/h3-7,10,13,15H,8-9,11-12H2,1-2H3,(H,23,27). The maximum Gasteiger partial charge on any atom is 0.258 e. The molecule has 2 amide bonds. The third-order valence-corrected chi connectivity index (χ3v) is 6.03. The number of amides is 2. The number of carbonyl (C=O) groups excluding carboxylic acids is 2. The van der Waals surface area contributed by atoms with E-state index in [1.165, 1.54) is 12.8 Å². The van der Waals surface area contributed by atoms with Crippen LogP contribution in [0.2, 0.25) is 0 Å². The van der Waals surface area contributed by atoms with Gasteiger partial charge in [0.25, 0.3) is 5.91 Å². The van der Waals surface area contributed by atoms with Crippen LogP contribution in [0.15, 0.2) is 42.5 Å². The molecule has 2 aliphatic heterocycles. The first kappa shape index (κ1) is 16.4. The first-order chi connectivity index (χ1) is 13.0. The summed E-state index contributed by atoms with van der Waals surface area (Å²) in [7, 11) is 0. The van der Waals surface area contributed by atoms with Gasteiger partial charge in [-0.3, -0.25) is 9.59 Å². The van der Waals surface area contributed by atoms with Gasteiger partial charge in [-0.2, -0.15) is 0 Å². The molecule has 5 nitrogen and oxygen atoms in total. The number of nitrogens with zero attached hydrogens (tertiary/aromatic N) is 2. The Balaban J connectivity index is 1.49. The zero-order chi connectivity index (χ0) is 18.8. The maximum atomic E-state index is 13.3. The smallest absolute Gasteiger partial charge is 0.258 e. The van der Waals surface area contributed by atoms with Crippen molar-refractivity contribution in [3.63, 3.8) is 0 Å². The molecule has 27 heavy (non-hydrogen) atoms. The molecule has 2 aromatic rings. The van der Waals surface area contributed by atoms with E-state index in [1.807, 2.05) is 55.1 Å². The van der Waals surface area contributed by atoms with Gasteiger partial charge in [-0.15, -0.1) is 0 Å². The number of fused-ring (bicyclic) bond motifs is 2. The van der Waals surface area contributed by atoms with Crippen LogP contribution in [0, 0.1) is 0 Å². The SMILES string of the molecule is CC1(C)C(=O)Nc2cc(C(=O)N3CCN(C4CC4)c4ccccc43)ccc21. The Kier molecular flexibility index (Phi) is 3.39. The van der Waals surface area contributed by atoms with E-state index in [-0.39, 0.29) is 11.8 Å². The predicted molar refractivity (Wildman–Crippen MR) is 107 cm³/mol. The summed E-state index contributed by atoms with van der Waals surface area (Å²) < 4.78 is 0. The number of hydrogen-bond donors (Lipinski definition) is 1. The van der Waals surface area contributed by atoms with E-state index in [0.717, 1.165) is 29.2 Å². The van der Waals surface area contributed by atoms with Crippen LogP contribution in [0.25, 0.3) is 0 Å². The van der Waals surface area contributed by atoms with Crippen molar-refractivity contribution in [2.45, 2.75) is 38.1 Å². The van der Waals surface area contributed by atoms with Crippen LogP contribution in [-0.2, 0) is 10.2 Å². The lowest BCUT2D eigenvalue weighted by molar-refractivity contribution is -0.119. The third kappa shape index (κ3) is 2.45. The molecule has 0 aromatic heterocycles. The Bertz CT molecular complexity index is 962. The number of nitrogens with one attached hydrogen (secondary N) is 1. The van der Waals surface area contributed by atoms with E-state index in [4.69, 9.17) is 0 Å². The Morgan fingerprint density at radius 1 is 1.07 bits per heavy atom. The van der Waals surface area contributed by atoms with Crippen molar-refractivity contribution in [2.24, 2.45) is 0 Å². The fourth-order valence-corrected chi connectivity index (χ4v) is 4.24. The highest BCUT2D eigenvalue weighted by Gasteiger charge is 2.39. The highest BCUT2D eigenvalue weighted by molar-refractivity contribution is 6.11. The Labute approximate surface area is 159 Å². The van der Waals surface area contributed by atoms with E-state index < -0.39 is 5.41 Å². The third-order valence-electron chi connectivity index (χ3n) is 6.03. The second-order valence-corrected chi connectivity index (χ2v) is 8.21. The highest BCUT2D eigenvalue weighted by Crippen LogP contribution is 2.41. The van der Waals surface area contributed by atoms with E-state index in [0.29, 0.717) is 18.2 Å². The van der Waals surface area contributed by atoms with Gasteiger partial charge in [0, 0.05) is 30.4 Å². The van der Waals surface area contributed by atoms with Crippen molar-refractivity contribution in [2.75, 3.05) is 28.2 Å². The van der Waals surface area contributed by atoms with Crippen LogP contribution in [0.1, 0.15) is 42.6 Å². The molecule has 2 aromatic carbocycles. The zero-order valence-electron chi connectivity index (χ0n) is 15.7. The van der Waals surface area contributed by atoms with Crippen molar-refractivity contribution >= 4 is 28.9 Å². The largest absolute Gasteiger partial charge is 0.365 e. The van der Waals surface area contributed by atoms with Crippen LogP contribution in [0.3, 0.4) is 0 Å². The summed E-state index contributed by atoms with van der Waals surface area (Å²) in [6, 6.07) is 14.4. The molecule has 0 atom stereocenters. The summed E-state index contributed by atoms with van der Waals surface area (Å²) in [6.07, 6.45) is 2.48. The van der Waals surface area contributed by atoms with Gasteiger partial charge >= 0.3 is 0 Å². The fraction of sp³-hybridized carbons (Fsp3) is 0.364. The number of benzene rings is 2. The van der Waals surface area contributed by atoms with E-state index in [9.17, 15) is 9.59 Å². The lowest BCUT2D eigenvalue weighted by Gasteiger charge is -2.38. The molecule has 3 aliphatic rings. The molecule has 0 saturated heterocycles. The molecule has 1 saturated carbocycles. The molecule has 0 bridgehead atoms. The minimum Gasteiger partial charge on any atom is -0.365 e. The summed E-state index contributed by atoms with van der Waals surface area (Å²) in [5, 5.41) is 2.92. The predicted octanol–water partition coefficient (Wildman–Crippen LogP) is 3.55. The summed E-state index contributed by atoms with van der Waals surface area (Å²) in [4.78, 5) is 29.8. The molecule has 1 aliphatic carbocycles. The van der Waals surface area contributed by atoms with Gasteiger partial charge in [0.15, 0.2) is 0 Å². The Morgan fingerprint density at radius 3 is 2.56 bits per heavy atom. The van der Waals surface area contributed by atoms with Gasteiger partial charge in [-0.1, -0.05) is 18.2 Å². The lowest BCUT2D eigenvalue weighted by Crippen LogP contribution is -2.45. The molecule has 0 unspecified atom stereocenters. The molecule has 2 heterocycles. The van der Waals surface area contributed by atoms with Crippen molar-refractivity contribution < 1.29 is 9.59 Å². The van der Waals surface area contributed by atoms with E-state index >= 15 is 0 Å². The molecule has 0 spiro atoms. The van der Waals surface area contributed by atoms with Crippen molar-refractivity contribution in [3.8, 4) is 0 Å². The van der Waals surface area contributed by atoms with Gasteiger partial charge in [-0.05, 0) is 56.5 Å². The van der Waals surface area contributed by atoms with Gasteiger partial charge < -0.3 is 15.1 Å². The quantitative estimate of drug-likeness (QED) is 0.890. The van der Waals surface area contributed by atoms with Crippen molar-refractivity contribution in [3.05, 3.63) is 53.6 Å². The summed E-state index contributed by atoms with van der Waals surface area (Å²) in [6.45, 7) is 5.36. The van der Waals surface area contributed by atoms with Crippen molar-refractivity contribution in [1.29, 1.82) is 0 Å². The number of rotatable bonds is 2. The average Bonchev–Trinajstić information content (AvgIpc) is 3.48. The normalized spacial score (nSPS) is 20.1. The van der Waals surface area contributed by atoms with Gasteiger partial charge in [-0.25, -0.2) is 0 Å². The summed E-state index contributed by atoms with van der Waals surface area (Å²) >= 11 is 0. The van der Waals surface area contributed by atoms with Gasteiger partial charge in [0.1, 0.15) is 0 Å². The van der Waals surface area contributed by atoms with Crippen LogP contribution in [0.5, 0.6) is 0 Å². The molecular weight excluding hydrogens is 338 g/mol. The molecule has 138 valence electrons. The van der Waals surface area contributed by atoms with Gasteiger partial charge in [0.05, 0.1) is 16.8 Å². The minimum atomic E-state index is -0.556. The lowest BCUT2D eigenvalue weighted by atomic mass is 9.86. The minimum absolute atomic E-state index is 0.0142. The summed E-state index contributed by atoms with van der Waals surface area (Å²) in [5.41, 5.74) is 3.88. The molecular formula is C22H23N3O2. The highest BCUT2D eigenvalue weighted by atomic mass is 16.2. The van der Waals surface area contributed by atoms with Crippen LogP contribution >= 0.6 is 0 Å². The summed E-state index contributed by atoms with van der Waals surface area (Å²) in [5.74, 6) is -0.0369. The van der Waals surface area contributed by atoms with E-state index in [2.05, 4.69) is 16.3 Å². The first-order valence-corrected chi connectivity index (χ1v) is 9.60. The van der Waals surface area contributed by atoms with Crippen LogP contribution < -0.4 is 15.1 Å². The second-order valence-electron chi connectivity index (χ2n) is 8.21. The molecule has 0 radical (unpaired) electrons. The van der Waals surface area contributed by atoms with Crippen LogP contribution in [-0.4, -0.2) is 30.9 Å². The maximum absolute atomic E-state index is 13.3. The Hall–Kier alpha value is -2.82. The second kappa shape index (κ2) is 5.59. The zero-order valence-corrected chi connectivity index (χ0v) is 15.7. The number of anilines is 3. The molecule has 5 heteroatoms. The number of hydrogen-bond acceptors (Lipinski definition) is 3. The average molecular weight is 361 g/mol. The number of para-hydroxylation sites is 2. The fourth-order valence-electron chi connectivity index (χ4n) is 4.24. The molecule has 1 N–H and O–H groups in total. The van der Waals surface area contributed by atoms with Crippen LogP contribution in [0.4, 0.5) is 17.1 Å². The topological polar surface area (TPSA) is 52.7 Å². The molecule has 1 fully saturated rings. The number of carbonyl (C=O) groups is 2. The Morgan fingerprint density at radius 2 is 1.81 bits per heavy atom. The first-order valence-electron chi connectivity index (χ1n) is 9.60. The monoisotopic (exact) mass is 361 g/mol. The van der Waals surface area contributed by atoms with Crippen molar-refractivity contribution in [1.82, 2.24) is 0 Å². The van der Waals surface area contributed by atoms with E-state index in [1.54, 1.807) is 0 Å². The van der Waals surface area contributed by atoms with Gasteiger partial charge in [0.2, 0.25) is 5.91 Å². The molecule has 5 rings (SSSR count).